The minimum atomic E-state index is -0.0556. The summed E-state index contributed by atoms with van der Waals surface area (Å²) in [6, 6.07) is 130. The maximum absolute atomic E-state index is 2.42. The first-order valence-electron chi connectivity index (χ1n) is 35.2. The van der Waals surface area contributed by atoms with Crippen LogP contribution in [0.5, 0.6) is 0 Å². The molecule has 0 spiro atoms. The highest BCUT2D eigenvalue weighted by Gasteiger charge is 2.38. The second-order valence-corrected chi connectivity index (χ2v) is 28.5. The molecule has 0 heteroatoms. The molecule has 0 aliphatic heterocycles. The standard InChI is InChI=1S/C55H38.C45H32/c1-55(2)51-31-29-42(34-50(51)49-30-28-37-13-5-6-17-44(37)54(49)55)36-22-25-38(26-23-36)52-45-18-7-9-20-47(45)53(48-21-10-8-19-46(48)52)43-16-11-15-40(33-43)41-27-24-35-12-3-4-14-39(35)32-41;1-45(2)41-27-25-33(28-40(41)39-26-24-30-12-6-7-15-34(30)44(39)45)29-20-22-32(23-21-29)43-37-18-10-8-16-35(37)42(31-13-4-3-5-14-31)36-17-9-11-19-38(36)43/h3-34H,1-2H3;3-28H,1-2H3. The van der Waals surface area contributed by atoms with Crippen LogP contribution >= 0.6 is 0 Å². The summed E-state index contributed by atoms with van der Waals surface area (Å²) in [6.45, 7) is 9.49. The molecule has 20 rings (SSSR count). The Morgan fingerprint density at radius 1 is 0.160 bits per heavy atom. The third-order valence-electron chi connectivity index (χ3n) is 22.2. The van der Waals surface area contributed by atoms with E-state index in [1.54, 1.807) is 0 Å². The summed E-state index contributed by atoms with van der Waals surface area (Å²) in [4.78, 5) is 0. The lowest BCUT2D eigenvalue weighted by Crippen LogP contribution is -2.15. The third-order valence-corrected chi connectivity index (χ3v) is 22.2. The third kappa shape index (κ3) is 9.42. The van der Waals surface area contributed by atoms with E-state index in [-0.39, 0.29) is 10.8 Å². The van der Waals surface area contributed by atoms with E-state index >= 15 is 0 Å². The average molecular weight is 1270 g/mol. The van der Waals surface area contributed by atoms with Crippen molar-refractivity contribution in [2.45, 2.75) is 38.5 Å². The zero-order valence-electron chi connectivity index (χ0n) is 56.5. The number of benzene rings is 18. The Morgan fingerprint density at radius 3 is 0.870 bits per heavy atom. The van der Waals surface area contributed by atoms with Gasteiger partial charge in [-0.2, -0.15) is 0 Å². The molecule has 0 radical (unpaired) electrons. The van der Waals surface area contributed by atoms with Gasteiger partial charge in [-0.3, -0.25) is 0 Å². The van der Waals surface area contributed by atoms with Crippen molar-refractivity contribution in [2.75, 3.05) is 0 Å². The molecular formula is C100H70. The van der Waals surface area contributed by atoms with E-state index in [9.17, 15) is 0 Å². The molecule has 0 amide bonds. The van der Waals surface area contributed by atoms with Crippen molar-refractivity contribution in [3.8, 4) is 100 Å². The molecule has 0 aromatic heterocycles. The average Bonchev–Trinajstić information content (AvgIpc) is 1.35. The first-order chi connectivity index (χ1) is 49.1. The summed E-state index contributed by atoms with van der Waals surface area (Å²) in [5, 5.41) is 18.1. The molecule has 18 aromatic carbocycles. The van der Waals surface area contributed by atoms with Gasteiger partial charge in [0.1, 0.15) is 0 Å². The maximum Gasteiger partial charge on any atom is 0.0165 e. The molecule has 0 heterocycles. The van der Waals surface area contributed by atoms with Crippen LogP contribution in [0.15, 0.2) is 352 Å². The lowest BCUT2D eigenvalue weighted by molar-refractivity contribution is 0.666. The van der Waals surface area contributed by atoms with Crippen LogP contribution in [0.1, 0.15) is 49.9 Å². The van der Waals surface area contributed by atoms with Crippen LogP contribution in [-0.2, 0) is 10.8 Å². The number of fused-ring (bicyclic) bond motifs is 15. The summed E-state index contributed by atoms with van der Waals surface area (Å²) >= 11 is 0. The van der Waals surface area contributed by atoms with Gasteiger partial charge < -0.3 is 0 Å². The molecular weight excluding hydrogens is 1200 g/mol. The van der Waals surface area contributed by atoms with Crippen LogP contribution in [0.3, 0.4) is 0 Å². The van der Waals surface area contributed by atoms with Crippen LogP contribution in [0.2, 0.25) is 0 Å². The normalized spacial score (nSPS) is 13.2. The number of hydrogen-bond donors (Lipinski definition) is 0. The van der Waals surface area contributed by atoms with E-state index in [0.717, 1.165) is 0 Å². The predicted molar refractivity (Wildman–Crippen MR) is 429 cm³/mol. The largest absolute Gasteiger partial charge is 0.0622 e. The Morgan fingerprint density at radius 2 is 0.440 bits per heavy atom. The van der Waals surface area contributed by atoms with Crippen molar-refractivity contribution in [1.29, 1.82) is 0 Å². The van der Waals surface area contributed by atoms with Gasteiger partial charge >= 0.3 is 0 Å². The van der Waals surface area contributed by atoms with E-state index in [1.807, 2.05) is 0 Å². The van der Waals surface area contributed by atoms with E-state index in [4.69, 9.17) is 0 Å². The topological polar surface area (TPSA) is 0 Å². The van der Waals surface area contributed by atoms with Crippen LogP contribution in [0, 0.1) is 0 Å². The SMILES string of the molecule is CC1(C)c2ccc(-c3ccc(-c4c5ccccc5c(-c5cccc(-c6ccc7ccccc7c6)c5)c5ccccc45)cc3)cc2-c2ccc3ccccc3c21.CC1(C)c2ccc(-c3ccc(-c4c5ccccc5c(-c5ccccc5)c5ccccc45)cc3)cc2-c2ccc3ccccc3c21. The summed E-state index contributed by atoms with van der Waals surface area (Å²) < 4.78 is 0. The van der Waals surface area contributed by atoms with Gasteiger partial charge in [-0.05, 0) is 222 Å². The molecule has 470 valence electrons. The summed E-state index contributed by atoms with van der Waals surface area (Å²) in [6.07, 6.45) is 0. The van der Waals surface area contributed by atoms with Crippen LogP contribution in [-0.4, -0.2) is 0 Å². The fourth-order valence-corrected chi connectivity index (χ4v) is 17.6. The van der Waals surface area contributed by atoms with E-state index in [2.05, 4.69) is 380 Å². The van der Waals surface area contributed by atoms with Crippen molar-refractivity contribution >= 4 is 75.4 Å². The molecule has 0 unspecified atom stereocenters. The molecule has 0 nitrogen and oxygen atoms in total. The van der Waals surface area contributed by atoms with Gasteiger partial charge in [-0.25, -0.2) is 0 Å². The van der Waals surface area contributed by atoms with Gasteiger partial charge in [-0.15, -0.1) is 0 Å². The Balaban J connectivity index is 0.000000142. The maximum atomic E-state index is 2.42. The first-order valence-corrected chi connectivity index (χ1v) is 35.2. The van der Waals surface area contributed by atoms with E-state index in [0.29, 0.717) is 0 Å². The highest BCUT2D eigenvalue weighted by atomic mass is 14.4. The number of rotatable bonds is 7. The molecule has 0 N–H and O–H groups in total. The molecule has 18 aromatic rings. The van der Waals surface area contributed by atoms with Gasteiger partial charge in [-0.1, -0.05) is 355 Å². The monoisotopic (exact) mass is 1270 g/mol. The van der Waals surface area contributed by atoms with Gasteiger partial charge in [0.25, 0.3) is 0 Å². The highest BCUT2D eigenvalue weighted by Crippen LogP contribution is 2.55. The molecule has 2 aliphatic rings. The lowest BCUT2D eigenvalue weighted by atomic mass is 9.80. The van der Waals surface area contributed by atoms with Crippen molar-refractivity contribution in [3.05, 3.63) is 374 Å². The van der Waals surface area contributed by atoms with Crippen molar-refractivity contribution in [3.63, 3.8) is 0 Å². The molecule has 0 bridgehead atoms. The minimum Gasteiger partial charge on any atom is -0.0622 e. The summed E-state index contributed by atoms with van der Waals surface area (Å²) in [5.41, 5.74) is 28.6. The second-order valence-electron chi connectivity index (χ2n) is 28.5. The first kappa shape index (κ1) is 59.1. The predicted octanol–water partition coefficient (Wildman–Crippen LogP) is 27.7. The summed E-state index contributed by atoms with van der Waals surface area (Å²) in [7, 11) is 0. The zero-order valence-corrected chi connectivity index (χ0v) is 56.5. The fraction of sp³-hybridized carbons (Fsp3) is 0.0600. The Labute approximate surface area is 584 Å². The number of hydrogen-bond acceptors (Lipinski definition) is 0. The van der Waals surface area contributed by atoms with Gasteiger partial charge in [0.05, 0.1) is 0 Å². The van der Waals surface area contributed by atoms with Crippen LogP contribution in [0.25, 0.3) is 176 Å². The van der Waals surface area contributed by atoms with Crippen LogP contribution in [0.4, 0.5) is 0 Å². The second kappa shape index (κ2) is 23.2. The molecule has 2 aliphatic carbocycles. The van der Waals surface area contributed by atoms with Crippen molar-refractivity contribution in [1.82, 2.24) is 0 Å². The molecule has 0 saturated heterocycles. The van der Waals surface area contributed by atoms with Crippen molar-refractivity contribution in [2.24, 2.45) is 0 Å². The summed E-state index contributed by atoms with van der Waals surface area (Å²) in [5.74, 6) is 0. The highest BCUT2D eigenvalue weighted by molar-refractivity contribution is 6.23. The van der Waals surface area contributed by atoms with E-state index in [1.165, 1.54) is 198 Å². The quantitative estimate of drug-likeness (QED) is 0.140. The van der Waals surface area contributed by atoms with Gasteiger partial charge in [0, 0.05) is 10.8 Å². The Bertz CT molecular complexity index is 6240. The van der Waals surface area contributed by atoms with Gasteiger partial charge in [0.15, 0.2) is 0 Å². The lowest BCUT2D eigenvalue weighted by Gasteiger charge is -2.23. The fourth-order valence-electron chi connectivity index (χ4n) is 17.6. The zero-order chi connectivity index (χ0) is 66.8. The molecule has 0 atom stereocenters. The van der Waals surface area contributed by atoms with Crippen molar-refractivity contribution < 1.29 is 0 Å². The molecule has 0 fully saturated rings. The molecule has 0 saturated carbocycles. The Kier molecular flexibility index (Phi) is 13.7. The minimum absolute atomic E-state index is 0.0397. The van der Waals surface area contributed by atoms with Crippen LogP contribution < -0.4 is 0 Å². The Hall–Kier alpha value is -12.2. The van der Waals surface area contributed by atoms with E-state index < -0.39 is 0 Å². The molecule has 100 heavy (non-hydrogen) atoms. The smallest absolute Gasteiger partial charge is 0.0165 e. The van der Waals surface area contributed by atoms with Gasteiger partial charge in [0.2, 0.25) is 0 Å².